The quantitative estimate of drug-likeness (QED) is 0.792. The summed E-state index contributed by atoms with van der Waals surface area (Å²) in [6.07, 6.45) is 1.71. The highest BCUT2D eigenvalue weighted by Gasteiger charge is 2.18. The van der Waals surface area contributed by atoms with Crippen LogP contribution in [0.5, 0.6) is 0 Å². The summed E-state index contributed by atoms with van der Waals surface area (Å²) in [7, 11) is 0. The molecule has 6 heteroatoms. The van der Waals surface area contributed by atoms with Gasteiger partial charge in [-0.05, 0) is 24.5 Å². The number of carbonyl (C=O) groups is 1. The number of aromatic nitrogens is 1. The van der Waals surface area contributed by atoms with Gasteiger partial charge >= 0.3 is 0 Å². The largest absolute Gasteiger partial charge is 0.397 e. The first kappa shape index (κ1) is 13.8. The SMILES string of the molecule is Cc1ccnc2sc(C(=O)NCC(C)CO)c(N)c12. The second-order valence-corrected chi connectivity index (χ2v) is 5.65. The Balaban J connectivity index is 2.28. The minimum atomic E-state index is -0.208. The van der Waals surface area contributed by atoms with E-state index in [1.807, 2.05) is 19.9 Å². The molecular formula is C13H17N3O2S. The zero-order chi connectivity index (χ0) is 14.0. The normalized spacial score (nSPS) is 12.6. The van der Waals surface area contributed by atoms with Gasteiger partial charge in [-0.15, -0.1) is 11.3 Å². The molecule has 0 fully saturated rings. The summed E-state index contributed by atoms with van der Waals surface area (Å²) in [5.41, 5.74) is 7.54. The molecule has 0 aliphatic rings. The van der Waals surface area contributed by atoms with Crippen LogP contribution in [0, 0.1) is 12.8 Å². The maximum Gasteiger partial charge on any atom is 0.263 e. The monoisotopic (exact) mass is 279 g/mol. The first-order valence-corrected chi connectivity index (χ1v) is 6.88. The summed E-state index contributed by atoms with van der Waals surface area (Å²) in [6, 6.07) is 1.88. The van der Waals surface area contributed by atoms with E-state index in [0.29, 0.717) is 17.1 Å². The lowest BCUT2D eigenvalue weighted by Crippen LogP contribution is -2.29. The molecule has 0 radical (unpaired) electrons. The van der Waals surface area contributed by atoms with Crippen molar-refractivity contribution in [1.29, 1.82) is 0 Å². The third-order valence-corrected chi connectivity index (χ3v) is 4.08. The number of hydrogen-bond acceptors (Lipinski definition) is 5. The first-order valence-electron chi connectivity index (χ1n) is 6.07. The number of hydrogen-bond donors (Lipinski definition) is 3. The minimum Gasteiger partial charge on any atom is -0.397 e. The van der Waals surface area contributed by atoms with Gasteiger partial charge in [0.2, 0.25) is 0 Å². The number of anilines is 1. The lowest BCUT2D eigenvalue weighted by molar-refractivity contribution is 0.0947. The highest BCUT2D eigenvalue weighted by atomic mass is 32.1. The van der Waals surface area contributed by atoms with Crippen LogP contribution in [-0.2, 0) is 0 Å². The number of aryl methyl sites for hydroxylation is 1. The van der Waals surface area contributed by atoms with Gasteiger partial charge in [-0.2, -0.15) is 0 Å². The Morgan fingerprint density at radius 1 is 1.63 bits per heavy atom. The van der Waals surface area contributed by atoms with Gasteiger partial charge < -0.3 is 16.2 Å². The number of nitrogens with zero attached hydrogens (tertiary/aromatic N) is 1. The molecule has 2 heterocycles. The van der Waals surface area contributed by atoms with Crippen LogP contribution in [0.15, 0.2) is 12.3 Å². The predicted molar refractivity (Wildman–Crippen MR) is 77.4 cm³/mol. The van der Waals surface area contributed by atoms with Crippen molar-refractivity contribution in [2.45, 2.75) is 13.8 Å². The van der Waals surface area contributed by atoms with E-state index < -0.39 is 0 Å². The summed E-state index contributed by atoms with van der Waals surface area (Å²) in [5.74, 6) is -0.181. The van der Waals surface area contributed by atoms with E-state index >= 15 is 0 Å². The van der Waals surface area contributed by atoms with Gasteiger partial charge in [-0.1, -0.05) is 6.92 Å². The fraction of sp³-hybridized carbons (Fsp3) is 0.385. The fourth-order valence-corrected chi connectivity index (χ4v) is 2.84. The third kappa shape index (κ3) is 2.69. The Hall–Kier alpha value is -1.66. The Labute approximate surface area is 115 Å². The molecule has 19 heavy (non-hydrogen) atoms. The van der Waals surface area contributed by atoms with Crippen molar-refractivity contribution in [3.63, 3.8) is 0 Å². The van der Waals surface area contributed by atoms with Crippen LogP contribution >= 0.6 is 11.3 Å². The summed E-state index contributed by atoms with van der Waals surface area (Å²) in [4.78, 5) is 17.6. The molecule has 1 atom stereocenters. The Morgan fingerprint density at radius 2 is 2.37 bits per heavy atom. The summed E-state index contributed by atoms with van der Waals surface area (Å²) >= 11 is 1.29. The summed E-state index contributed by atoms with van der Waals surface area (Å²) < 4.78 is 0. The lowest BCUT2D eigenvalue weighted by Gasteiger charge is -2.08. The van der Waals surface area contributed by atoms with Crippen molar-refractivity contribution >= 4 is 33.1 Å². The molecule has 102 valence electrons. The van der Waals surface area contributed by atoms with Gasteiger partial charge in [0.25, 0.3) is 5.91 Å². The Bertz CT molecular complexity index is 609. The molecule has 4 N–H and O–H groups in total. The number of thiophene rings is 1. The predicted octanol–water partition coefficient (Wildman–Crippen LogP) is 1.55. The van der Waals surface area contributed by atoms with E-state index in [0.717, 1.165) is 15.8 Å². The topological polar surface area (TPSA) is 88.2 Å². The molecule has 0 spiro atoms. The van der Waals surface area contributed by atoms with E-state index in [9.17, 15) is 4.79 Å². The fourth-order valence-electron chi connectivity index (χ4n) is 1.78. The highest BCUT2D eigenvalue weighted by Crippen LogP contribution is 2.34. The van der Waals surface area contributed by atoms with Crippen molar-refractivity contribution in [3.05, 3.63) is 22.7 Å². The average Bonchev–Trinajstić information content (AvgIpc) is 2.74. The van der Waals surface area contributed by atoms with Crippen molar-refractivity contribution in [2.75, 3.05) is 18.9 Å². The zero-order valence-corrected chi connectivity index (χ0v) is 11.8. The van der Waals surface area contributed by atoms with E-state index in [1.165, 1.54) is 11.3 Å². The number of carbonyl (C=O) groups excluding carboxylic acids is 1. The van der Waals surface area contributed by atoms with Crippen LogP contribution in [-0.4, -0.2) is 29.1 Å². The molecule has 0 aromatic carbocycles. The van der Waals surface area contributed by atoms with E-state index in [4.69, 9.17) is 10.8 Å². The van der Waals surface area contributed by atoms with E-state index in [2.05, 4.69) is 10.3 Å². The van der Waals surface area contributed by atoms with Crippen molar-refractivity contribution < 1.29 is 9.90 Å². The second kappa shape index (κ2) is 5.54. The zero-order valence-electron chi connectivity index (χ0n) is 10.9. The smallest absolute Gasteiger partial charge is 0.263 e. The maximum atomic E-state index is 12.1. The summed E-state index contributed by atoms with van der Waals surface area (Å²) in [5, 5.41) is 12.6. The Morgan fingerprint density at radius 3 is 3.00 bits per heavy atom. The van der Waals surface area contributed by atoms with Crippen molar-refractivity contribution in [3.8, 4) is 0 Å². The van der Waals surface area contributed by atoms with Gasteiger partial charge in [0, 0.05) is 24.7 Å². The Kier molecular flexibility index (Phi) is 4.01. The molecule has 0 aliphatic heterocycles. The van der Waals surface area contributed by atoms with Crippen LogP contribution in [0.3, 0.4) is 0 Å². The lowest BCUT2D eigenvalue weighted by atomic mass is 10.1. The van der Waals surface area contributed by atoms with Crippen LogP contribution in [0.2, 0.25) is 0 Å². The number of nitrogen functional groups attached to an aromatic ring is 1. The van der Waals surface area contributed by atoms with Crippen LogP contribution < -0.4 is 11.1 Å². The number of aliphatic hydroxyl groups excluding tert-OH is 1. The van der Waals surface area contributed by atoms with Gasteiger partial charge in [0.1, 0.15) is 9.71 Å². The van der Waals surface area contributed by atoms with Crippen LogP contribution in [0.1, 0.15) is 22.2 Å². The van der Waals surface area contributed by atoms with Crippen molar-refractivity contribution in [2.24, 2.45) is 5.92 Å². The maximum absolute atomic E-state index is 12.1. The molecule has 0 saturated carbocycles. The van der Waals surface area contributed by atoms with Gasteiger partial charge in [0.05, 0.1) is 5.69 Å². The minimum absolute atomic E-state index is 0.0272. The third-order valence-electron chi connectivity index (χ3n) is 2.97. The molecule has 0 aliphatic carbocycles. The number of nitrogens with two attached hydrogens (primary N) is 1. The standard InChI is InChI=1S/C13H17N3O2S/c1-7(6-17)5-16-12(18)11-10(14)9-8(2)3-4-15-13(9)19-11/h3-4,7,17H,5-6,14H2,1-2H3,(H,16,18). The second-order valence-electron chi connectivity index (χ2n) is 4.65. The number of amides is 1. The molecule has 0 bridgehead atoms. The number of aliphatic hydroxyl groups is 1. The van der Waals surface area contributed by atoms with Gasteiger partial charge in [-0.25, -0.2) is 4.98 Å². The molecule has 0 saturated heterocycles. The molecule has 1 unspecified atom stereocenters. The number of fused-ring (bicyclic) bond motifs is 1. The molecule has 5 nitrogen and oxygen atoms in total. The van der Waals surface area contributed by atoms with Crippen LogP contribution in [0.25, 0.3) is 10.2 Å². The highest BCUT2D eigenvalue weighted by molar-refractivity contribution is 7.21. The van der Waals surface area contributed by atoms with Crippen molar-refractivity contribution in [1.82, 2.24) is 10.3 Å². The molecular weight excluding hydrogens is 262 g/mol. The van der Waals surface area contributed by atoms with Gasteiger partial charge in [-0.3, -0.25) is 4.79 Å². The molecule has 2 rings (SSSR count). The average molecular weight is 279 g/mol. The molecule has 1 amide bonds. The van der Waals surface area contributed by atoms with Crippen LogP contribution in [0.4, 0.5) is 5.69 Å². The van der Waals surface area contributed by atoms with Gasteiger partial charge in [0.15, 0.2) is 0 Å². The van der Waals surface area contributed by atoms with E-state index in [1.54, 1.807) is 6.20 Å². The number of rotatable bonds is 4. The van der Waals surface area contributed by atoms with E-state index in [-0.39, 0.29) is 18.4 Å². The first-order chi connectivity index (χ1) is 9.04. The summed E-state index contributed by atoms with van der Waals surface area (Å²) in [6.45, 7) is 4.28. The molecule has 2 aromatic heterocycles. The number of nitrogens with one attached hydrogen (secondary N) is 1. The number of pyridine rings is 1. The molecule has 2 aromatic rings.